The Balaban J connectivity index is 2.43. The molecule has 1 aromatic carbocycles. The number of hydrogen-bond acceptors (Lipinski definition) is 5. The molecule has 0 saturated heterocycles. The first kappa shape index (κ1) is 18.6. The highest BCUT2D eigenvalue weighted by Crippen LogP contribution is 2.32. The summed E-state index contributed by atoms with van der Waals surface area (Å²) in [7, 11) is 0. The van der Waals surface area contributed by atoms with Crippen LogP contribution in [0.3, 0.4) is 0 Å². The molecule has 0 saturated carbocycles. The van der Waals surface area contributed by atoms with E-state index in [1.807, 2.05) is 0 Å². The van der Waals surface area contributed by atoms with E-state index in [9.17, 15) is 22.8 Å². The molecule has 0 aliphatic heterocycles. The number of carbonyl (C=O) groups excluding carboxylic acids is 2. The number of halogens is 3. The van der Waals surface area contributed by atoms with Gasteiger partial charge >= 0.3 is 18.1 Å². The SMILES string of the molecule is CCOC(=O)c1cc(-c2ccc(C(F)(F)F)cc2)oc1C(=O)OCC. The molecule has 2 rings (SSSR count). The predicted octanol–water partition coefficient (Wildman–Crippen LogP) is 4.32. The lowest BCUT2D eigenvalue weighted by molar-refractivity contribution is -0.137. The van der Waals surface area contributed by atoms with Crippen molar-refractivity contribution in [2.45, 2.75) is 20.0 Å². The molecule has 1 aromatic heterocycles. The molecule has 0 amide bonds. The first-order chi connectivity index (χ1) is 11.8. The van der Waals surface area contributed by atoms with E-state index in [4.69, 9.17) is 13.9 Å². The van der Waals surface area contributed by atoms with E-state index in [0.29, 0.717) is 0 Å². The van der Waals surface area contributed by atoms with Gasteiger partial charge in [0, 0.05) is 5.56 Å². The predicted molar refractivity (Wildman–Crippen MR) is 81.1 cm³/mol. The maximum absolute atomic E-state index is 12.6. The summed E-state index contributed by atoms with van der Waals surface area (Å²) < 4.78 is 52.9. The molecule has 1 heterocycles. The van der Waals surface area contributed by atoms with Gasteiger partial charge in [-0.15, -0.1) is 0 Å². The Labute approximate surface area is 141 Å². The van der Waals surface area contributed by atoms with Crippen LogP contribution in [-0.2, 0) is 15.7 Å². The maximum Gasteiger partial charge on any atom is 0.416 e. The minimum Gasteiger partial charge on any atom is -0.462 e. The van der Waals surface area contributed by atoms with Crippen molar-refractivity contribution >= 4 is 11.9 Å². The van der Waals surface area contributed by atoms with Gasteiger partial charge < -0.3 is 13.9 Å². The molecule has 0 atom stereocenters. The zero-order chi connectivity index (χ0) is 18.6. The smallest absolute Gasteiger partial charge is 0.416 e. The summed E-state index contributed by atoms with van der Waals surface area (Å²) in [6.45, 7) is 3.33. The molecule has 0 aliphatic carbocycles. The number of furan rings is 1. The van der Waals surface area contributed by atoms with E-state index in [1.165, 1.54) is 18.2 Å². The van der Waals surface area contributed by atoms with Crippen LogP contribution >= 0.6 is 0 Å². The van der Waals surface area contributed by atoms with Gasteiger partial charge in [0.05, 0.1) is 18.8 Å². The van der Waals surface area contributed by atoms with Crippen LogP contribution in [0, 0.1) is 0 Å². The van der Waals surface area contributed by atoms with Gasteiger partial charge in [-0.25, -0.2) is 9.59 Å². The second-order valence-corrected chi connectivity index (χ2v) is 4.87. The lowest BCUT2D eigenvalue weighted by Gasteiger charge is -2.06. The number of ether oxygens (including phenoxy) is 2. The number of hydrogen-bond donors (Lipinski definition) is 0. The average molecular weight is 356 g/mol. The number of alkyl halides is 3. The van der Waals surface area contributed by atoms with Crippen LogP contribution < -0.4 is 0 Å². The number of esters is 2. The standard InChI is InChI=1S/C17H15F3O5/c1-3-23-15(21)12-9-13(25-14(12)16(22)24-4-2)10-5-7-11(8-6-10)17(18,19)20/h5-9H,3-4H2,1-2H3. The first-order valence-corrected chi connectivity index (χ1v) is 7.43. The normalized spacial score (nSPS) is 11.2. The van der Waals surface area contributed by atoms with Gasteiger partial charge in [0.1, 0.15) is 11.3 Å². The molecule has 0 N–H and O–H groups in total. The van der Waals surface area contributed by atoms with Crippen LogP contribution in [0.4, 0.5) is 13.2 Å². The van der Waals surface area contributed by atoms with Crippen LogP contribution in [0.15, 0.2) is 34.7 Å². The molecule has 0 radical (unpaired) electrons. The average Bonchev–Trinajstić information content (AvgIpc) is 3.00. The Hall–Kier alpha value is -2.77. The van der Waals surface area contributed by atoms with Crippen LogP contribution in [0.1, 0.15) is 40.3 Å². The molecule has 8 heteroatoms. The lowest BCUT2D eigenvalue weighted by atomic mass is 10.1. The van der Waals surface area contributed by atoms with Gasteiger partial charge in [-0.3, -0.25) is 0 Å². The molecule has 0 fully saturated rings. The summed E-state index contributed by atoms with van der Waals surface area (Å²) >= 11 is 0. The van der Waals surface area contributed by atoms with Gasteiger partial charge in [-0.1, -0.05) is 12.1 Å². The minimum atomic E-state index is -4.46. The van der Waals surface area contributed by atoms with Gasteiger partial charge in [0.2, 0.25) is 5.76 Å². The van der Waals surface area contributed by atoms with Crippen LogP contribution in [0.25, 0.3) is 11.3 Å². The van der Waals surface area contributed by atoms with Gasteiger partial charge in [-0.05, 0) is 32.0 Å². The van der Waals surface area contributed by atoms with Gasteiger partial charge in [-0.2, -0.15) is 13.2 Å². The number of carbonyl (C=O) groups is 2. The van der Waals surface area contributed by atoms with Crippen molar-refractivity contribution in [2.75, 3.05) is 13.2 Å². The summed E-state index contributed by atoms with van der Waals surface area (Å²) in [6.07, 6.45) is -4.46. The minimum absolute atomic E-state index is 0.0554. The van der Waals surface area contributed by atoms with E-state index in [0.717, 1.165) is 12.1 Å². The molecule has 134 valence electrons. The molecule has 5 nitrogen and oxygen atoms in total. The molecule has 25 heavy (non-hydrogen) atoms. The van der Waals surface area contributed by atoms with E-state index >= 15 is 0 Å². The van der Waals surface area contributed by atoms with E-state index in [-0.39, 0.29) is 35.9 Å². The monoisotopic (exact) mass is 356 g/mol. The Bertz CT molecular complexity index is 724. The largest absolute Gasteiger partial charge is 0.462 e. The molecule has 0 spiro atoms. The quantitative estimate of drug-likeness (QED) is 0.747. The number of benzene rings is 1. The third kappa shape index (κ3) is 4.20. The third-order valence-electron chi connectivity index (χ3n) is 3.18. The topological polar surface area (TPSA) is 65.7 Å². The van der Waals surface area contributed by atoms with E-state index in [2.05, 4.69) is 0 Å². The third-order valence-corrected chi connectivity index (χ3v) is 3.18. The summed E-state index contributed by atoms with van der Waals surface area (Å²) in [5, 5.41) is 0. The van der Waals surface area contributed by atoms with E-state index < -0.39 is 23.7 Å². The fourth-order valence-electron chi connectivity index (χ4n) is 2.07. The maximum atomic E-state index is 12.6. The van der Waals surface area contributed by atoms with Gasteiger partial charge in [0.15, 0.2) is 0 Å². The Morgan fingerprint density at radius 2 is 1.56 bits per heavy atom. The van der Waals surface area contributed by atoms with Crippen molar-refractivity contribution in [1.82, 2.24) is 0 Å². The zero-order valence-corrected chi connectivity index (χ0v) is 13.5. The Morgan fingerprint density at radius 3 is 2.08 bits per heavy atom. The van der Waals surface area contributed by atoms with Crippen LogP contribution in [0.2, 0.25) is 0 Å². The molecular formula is C17H15F3O5. The van der Waals surface area contributed by atoms with Crippen molar-refractivity contribution in [3.8, 4) is 11.3 Å². The highest BCUT2D eigenvalue weighted by molar-refractivity contribution is 6.02. The van der Waals surface area contributed by atoms with Crippen molar-refractivity contribution in [1.29, 1.82) is 0 Å². The van der Waals surface area contributed by atoms with Crippen molar-refractivity contribution in [2.24, 2.45) is 0 Å². The summed E-state index contributed by atoms with van der Waals surface area (Å²) in [6, 6.07) is 5.38. The van der Waals surface area contributed by atoms with Crippen molar-refractivity contribution in [3.05, 3.63) is 47.2 Å². The molecule has 0 aliphatic rings. The van der Waals surface area contributed by atoms with Crippen molar-refractivity contribution in [3.63, 3.8) is 0 Å². The lowest BCUT2D eigenvalue weighted by Crippen LogP contribution is -2.11. The zero-order valence-electron chi connectivity index (χ0n) is 13.5. The molecular weight excluding hydrogens is 341 g/mol. The molecule has 0 bridgehead atoms. The summed E-state index contributed by atoms with van der Waals surface area (Å²) in [4.78, 5) is 23.9. The Kier molecular flexibility index (Phi) is 5.51. The second kappa shape index (κ2) is 7.42. The fourth-order valence-corrected chi connectivity index (χ4v) is 2.07. The highest BCUT2D eigenvalue weighted by atomic mass is 19.4. The summed E-state index contributed by atoms with van der Waals surface area (Å²) in [5.41, 5.74) is -0.691. The molecule has 2 aromatic rings. The second-order valence-electron chi connectivity index (χ2n) is 4.87. The van der Waals surface area contributed by atoms with Crippen LogP contribution in [-0.4, -0.2) is 25.2 Å². The molecule has 0 unspecified atom stereocenters. The van der Waals surface area contributed by atoms with E-state index in [1.54, 1.807) is 13.8 Å². The van der Waals surface area contributed by atoms with Gasteiger partial charge in [0.25, 0.3) is 0 Å². The van der Waals surface area contributed by atoms with Crippen LogP contribution in [0.5, 0.6) is 0 Å². The first-order valence-electron chi connectivity index (χ1n) is 7.43. The fraction of sp³-hybridized carbons (Fsp3) is 0.294. The summed E-state index contributed by atoms with van der Waals surface area (Å²) in [5.74, 6) is -1.94. The highest BCUT2D eigenvalue weighted by Gasteiger charge is 2.30. The number of rotatable bonds is 5. The van der Waals surface area contributed by atoms with Crippen molar-refractivity contribution < 1.29 is 36.7 Å². The Morgan fingerprint density at radius 1 is 1.00 bits per heavy atom.